The highest BCUT2D eigenvalue weighted by atomic mass is 32.1. The third-order valence-corrected chi connectivity index (χ3v) is 7.37. The van der Waals surface area contributed by atoms with Crippen LogP contribution in [0.2, 0.25) is 0 Å². The Morgan fingerprint density at radius 1 is 1.18 bits per heavy atom. The van der Waals surface area contributed by atoms with Crippen LogP contribution in [-0.4, -0.2) is 43.1 Å². The number of hydrogen-bond acceptors (Lipinski definition) is 9. The topological polar surface area (TPSA) is 109 Å². The van der Waals surface area contributed by atoms with Crippen LogP contribution in [0, 0.1) is 0 Å². The molecule has 1 atom stereocenters. The van der Waals surface area contributed by atoms with Crippen LogP contribution in [0.4, 0.5) is 0 Å². The van der Waals surface area contributed by atoms with E-state index in [0.717, 1.165) is 0 Å². The molecule has 0 spiro atoms. The third-order valence-electron chi connectivity index (χ3n) is 6.39. The fourth-order valence-electron chi connectivity index (χ4n) is 4.68. The molecule has 0 saturated carbocycles. The summed E-state index contributed by atoms with van der Waals surface area (Å²) in [6, 6.07) is 7.92. The van der Waals surface area contributed by atoms with Crippen LogP contribution in [0.5, 0.6) is 23.0 Å². The second-order valence-corrected chi connectivity index (χ2v) is 9.85. The maximum absolute atomic E-state index is 14.0. The number of carbonyl (C=O) groups is 1. The summed E-state index contributed by atoms with van der Waals surface area (Å²) < 4.78 is 24.1. The van der Waals surface area contributed by atoms with E-state index >= 15 is 0 Å². The van der Waals surface area contributed by atoms with E-state index in [4.69, 9.17) is 18.9 Å². The van der Waals surface area contributed by atoms with Gasteiger partial charge in [-0.15, -0.1) is 6.58 Å². The van der Waals surface area contributed by atoms with Crippen molar-refractivity contribution in [2.45, 2.75) is 33.2 Å². The Labute approximate surface area is 235 Å². The highest BCUT2D eigenvalue weighted by molar-refractivity contribution is 7.07. The average molecular weight is 565 g/mol. The number of rotatable bonds is 10. The van der Waals surface area contributed by atoms with Gasteiger partial charge in [-0.05, 0) is 57.0 Å². The van der Waals surface area contributed by atoms with Gasteiger partial charge in [-0.2, -0.15) is 0 Å². The maximum atomic E-state index is 14.0. The SMILES string of the molecule is C=CCc1cc(/C=c2/sc3n(c2=O)[C@H](c2cccc(OC)c2OCC)C(C(=O)OCC)=C(C)N=3)cc(OC)c1O. The van der Waals surface area contributed by atoms with E-state index in [-0.39, 0.29) is 29.2 Å². The molecule has 3 aromatic rings. The van der Waals surface area contributed by atoms with Crippen molar-refractivity contribution in [1.29, 1.82) is 0 Å². The summed E-state index contributed by atoms with van der Waals surface area (Å²) in [5, 5.41) is 10.5. The Kier molecular flexibility index (Phi) is 8.79. The van der Waals surface area contributed by atoms with Crippen LogP contribution in [0.1, 0.15) is 43.5 Å². The Hall–Kier alpha value is -4.31. The van der Waals surface area contributed by atoms with Gasteiger partial charge in [-0.25, -0.2) is 9.79 Å². The molecule has 40 heavy (non-hydrogen) atoms. The summed E-state index contributed by atoms with van der Waals surface area (Å²) in [6.45, 7) is 9.56. The molecule has 210 valence electrons. The van der Waals surface area contributed by atoms with Crippen molar-refractivity contribution in [3.63, 3.8) is 0 Å². The maximum Gasteiger partial charge on any atom is 0.338 e. The molecule has 1 aromatic heterocycles. The number of phenolic OH excluding ortho intramolecular Hbond substituents is 1. The number of phenols is 1. The van der Waals surface area contributed by atoms with Gasteiger partial charge in [-0.1, -0.05) is 29.5 Å². The molecule has 9 nitrogen and oxygen atoms in total. The first-order valence-corrected chi connectivity index (χ1v) is 13.6. The molecule has 0 radical (unpaired) electrons. The molecule has 0 bridgehead atoms. The Bertz CT molecular complexity index is 1670. The van der Waals surface area contributed by atoms with Crippen molar-refractivity contribution in [1.82, 2.24) is 4.57 Å². The molecule has 1 N–H and O–H groups in total. The van der Waals surface area contributed by atoms with Gasteiger partial charge in [0, 0.05) is 11.1 Å². The number of aromatic nitrogens is 1. The van der Waals surface area contributed by atoms with Gasteiger partial charge >= 0.3 is 5.97 Å². The largest absolute Gasteiger partial charge is 0.504 e. The van der Waals surface area contributed by atoms with E-state index in [1.54, 1.807) is 56.3 Å². The summed E-state index contributed by atoms with van der Waals surface area (Å²) in [5.41, 5.74) is 2.20. The van der Waals surface area contributed by atoms with Gasteiger partial charge in [-0.3, -0.25) is 9.36 Å². The standard InChI is InChI=1S/C30H32N2O7S/c1-7-11-19-14-18(15-22(37-6)26(19)33)16-23-28(34)32-25(20-12-10-13-21(36-5)27(20)38-8-2)24(29(35)39-9-3)17(4)31-30(32)40-23/h7,10,12-16,25,33H,1,8-9,11H2,2-6H3/b23-16+/t25-/m1/s1. The van der Waals surface area contributed by atoms with Crippen molar-refractivity contribution < 1.29 is 28.8 Å². The van der Waals surface area contributed by atoms with E-state index in [2.05, 4.69) is 11.6 Å². The number of ether oxygens (including phenoxy) is 4. The molecule has 0 fully saturated rings. The number of allylic oxidation sites excluding steroid dienone is 2. The van der Waals surface area contributed by atoms with Crippen molar-refractivity contribution in [3.05, 3.63) is 90.6 Å². The van der Waals surface area contributed by atoms with Crippen LogP contribution in [-0.2, 0) is 16.0 Å². The summed E-state index contributed by atoms with van der Waals surface area (Å²) in [4.78, 5) is 32.3. The van der Waals surface area contributed by atoms with E-state index < -0.39 is 12.0 Å². The molecule has 0 unspecified atom stereocenters. The second-order valence-electron chi connectivity index (χ2n) is 8.84. The number of para-hydroxylation sites is 1. The number of thiazole rings is 1. The molecule has 4 rings (SSSR count). The minimum Gasteiger partial charge on any atom is -0.504 e. The zero-order valence-electron chi connectivity index (χ0n) is 23.1. The molecular formula is C30H32N2O7S. The lowest BCUT2D eigenvalue weighted by Crippen LogP contribution is -2.40. The first-order chi connectivity index (χ1) is 19.3. The molecular weight excluding hydrogens is 532 g/mol. The summed E-state index contributed by atoms with van der Waals surface area (Å²) in [5.74, 6) is 0.656. The van der Waals surface area contributed by atoms with Crippen LogP contribution < -0.4 is 29.1 Å². The first-order valence-electron chi connectivity index (χ1n) is 12.8. The number of esters is 1. The lowest BCUT2D eigenvalue weighted by Gasteiger charge is -2.26. The van der Waals surface area contributed by atoms with E-state index in [1.807, 2.05) is 6.92 Å². The van der Waals surface area contributed by atoms with E-state index in [0.29, 0.717) is 56.2 Å². The summed E-state index contributed by atoms with van der Waals surface area (Å²) >= 11 is 1.20. The van der Waals surface area contributed by atoms with Gasteiger partial charge in [0.25, 0.3) is 5.56 Å². The van der Waals surface area contributed by atoms with Crippen molar-refractivity contribution in [3.8, 4) is 23.0 Å². The molecule has 2 aromatic carbocycles. The minimum absolute atomic E-state index is 0.0252. The number of nitrogens with zero attached hydrogens (tertiary/aromatic N) is 2. The van der Waals surface area contributed by atoms with Gasteiger partial charge in [0.2, 0.25) is 0 Å². The quantitative estimate of drug-likeness (QED) is 0.296. The monoisotopic (exact) mass is 564 g/mol. The van der Waals surface area contributed by atoms with Crippen LogP contribution in [0.25, 0.3) is 6.08 Å². The lowest BCUT2D eigenvalue weighted by atomic mass is 9.94. The van der Waals surface area contributed by atoms with Gasteiger partial charge in [0.1, 0.15) is 6.04 Å². The first kappa shape index (κ1) is 28.7. The Balaban J connectivity index is 2.01. The molecule has 0 aliphatic carbocycles. The zero-order chi connectivity index (χ0) is 29.0. The molecule has 1 aliphatic heterocycles. The molecule has 0 saturated heterocycles. The predicted octanol–water partition coefficient (Wildman–Crippen LogP) is 3.65. The average Bonchev–Trinajstić information content (AvgIpc) is 3.24. The van der Waals surface area contributed by atoms with Crippen molar-refractivity contribution in [2.75, 3.05) is 27.4 Å². The summed E-state index contributed by atoms with van der Waals surface area (Å²) in [6.07, 6.45) is 3.81. The number of fused-ring (bicyclic) bond motifs is 1. The second kappa shape index (κ2) is 12.3. The zero-order valence-corrected chi connectivity index (χ0v) is 24.0. The number of aromatic hydroxyl groups is 1. The van der Waals surface area contributed by atoms with E-state index in [1.165, 1.54) is 30.1 Å². The van der Waals surface area contributed by atoms with Gasteiger partial charge in [0.15, 0.2) is 27.8 Å². The van der Waals surface area contributed by atoms with Crippen molar-refractivity contribution >= 4 is 23.4 Å². The van der Waals surface area contributed by atoms with Gasteiger partial charge in [0.05, 0.1) is 43.2 Å². The lowest BCUT2D eigenvalue weighted by molar-refractivity contribution is -0.139. The highest BCUT2D eigenvalue weighted by Crippen LogP contribution is 2.41. The van der Waals surface area contributed by atoms with E-state index in [9.17, 15) is 14.7 Å². The smallest absolute Gasteiger partial charge is 0.338 e. The van der Waals surface area contributed by atoms with Crippen LogP contribution >= 0.6 is 11.3 Å². The van der Waals surface area contributed by atoms with Gasteiger partial charge < -0.3 is 24.1 Å². The fourth-order valence-corrected chi connectivity index (χ4v) is 5.73. The molecule has 1 aliphatic rings. The normalized spacial score (nSPS) is 14.8. The fraction of sp³-hybridized carbons (Fsp3) is 0.300. The predicted molar refractivity (Wildman–Crippen MR) is 153 cm³/mol. The van der Waals surface area contributed by atoms with Crippen molar-refractivity contribution in [2.24, 2.45) is 4.99 Å². The Morgan fingerprint density at radius 2 is 1.93 bits per heavy atom. The number of carbonyl (C=O) groups excluding carboxylic acids is 1. The highest BCUT2D eigenvalue weighted by Gasteiger charge is 2.36. The minimum atomic E-state index is -0.861. The number of benzene rings is 2. The molecule has 2 heterocycles. The number of hydrogen-bond donors (Lipinski definition) is 1. The summed E-state index contributed by atoms with van der Waals surface area (Å²) in [7, 11) is 3.00. The molecule has 10 heteroatoms. The molecule has 0 amide bonds. The Morgan fingerprint density at radius 3 is 2.58 bits per heavy atom. The third kappa shape index (κ3) is 5.27. The number of methoxy groups -OCH3 is 2. The van der Waals surface area contributed by atoms with Crippen LogP contribution in [0.15, 0.2) is 64.0 Å². The van der Waals surface area contributed by atoms with Crippen LogP contribution in [0.3, 0.4) is 0 Å².